The first kappa shape index (κ1) is 23.0. The van der Waals surface area contributed by atoms with Crippen LogP contribution in [-0.4, -0.2) is 58.3 Å². The standard InChI is InChI=1S/C27H32N4O2S/c1-3-12-31-24-10-9-20(17-22(24)26(29-31)27(32)30-13-15-34-16-14-30)28-18-23-21-7-5-4-6-19(21)8-11-25(23)33-2/h3-8,11,20,28H,1,9-10,12-18H2,2H3. The largest absolute Gasteiger partial charge is 0.496 e. The molecule has 1 amide bonds. The molecule has 0 radical (unpaired) electrons. The van der Waals surface area contributed by atoms with Crippen LogP contribution in [0.1, 0.15) is 33.7 Å². The van der Waals surface area contributed by atoms with Crippen molar-refractivity contribution in [2.45, 2.75) is 38.4 Å². The molecule has 1 aliphatic carbocycles. The van der Waals surface area contributed by atoms with Crippen molar-refractivity contribution in [3.8, 4) is 5.75 Å². The summed E-state index contributed by atoms with van der Waals surface area (Å²) in [6.45, 7) is 6.84. The quantitative estimate of drug-likeness (QED) is 0.521. The maximum atomic E-state index is 13.4. The normalized spacial score (nSPS) is 18.0. The van der Waals surface area contributed by atoms with Gasteiger partial charge in [0.1, 0.15) is 5.75 Å². The van der Waals surface area contributed by atoms with E-state index < -0.39 is 0 Å². The Morgan fingerprint density at radius 2 is 2.09 bits per heavy atom. The van der Waals surface area contributed by atoms with Gasteiger partial charge in [-0.15, -0.1) is 6.58 Å². The lowest BCUT2D eigenvalue weighted by molar-refractivity contribution is 0.0764. The molecule has 1 aromatic heterocycles. The monoisotopic (exact) mass is 476 g/mol. The topological polar surface area (TPSA) is 59.4 Å². The smallest absolute Gasteiger partial charge is 0.274 e. The Balaban J connectivity index is 1.38. The van der Waals surface area contributed by atoms with Crippen molar-refractivity contribution in [3.63, 3.8) is 0 Å². The number of methoxy groups -OCH3 is 1. The highest BCUT2D eigenvalue weighted by molar-refractivity contribution is 7.99. The molecule has 1 atom stereocenters. The van der Waals surface area contributed by atoms with Crippen LogP contribution in [0.2, 0.25) is 0 Å². The van der Waals surface area contributed by atoms with Gasteiger partial charge in [-0.25, -0.2) is 0 Å². The van der Waals surface area contributed by atoms with Crippen LogP contribution in [-0.2, 0) is 25.9 Å². The number of aromatic nitrogens is 2. The number of carbonyl (C=O) groups is 1. The fraction of sp³-hybridized carbons (Fsp3) is 0.407. The Morgan fingerprint density at radius 3 is 2.88 bits per heavy atom. The van der Waals surface area contributed by atoms with Crippen LogP contribution in [0.3, 0.4) is 0 Å². The average Bonchev–Trinajstić information content (AvgIpc) is 3.25. The van der Waals surface area contributed by atoms with Gasteiger partial charge in [-0.05, 0) is 36.1 Å². The molecule has 3 aromatic rings. The van der Waals surface area contributed by atoms with Crippen LogP contribution >= 0.6 is 11.8 Å². The van der Waals surface area contributed by atoms with E-state index in [0.717, 1.165) is 61.7 Å². The third-order valence-electron chi connectivity index (χ3n) is 6.93. The molecule has 1 N–H and O–H groups in total. The van der Waals surface area contributed by atoms with Crippen LogP contribution in [0, 0.1) is 0 Å². The van der Waals surface area contributed by atoms with Crippen molar-refractivity contribution in [3.05, 3.63) is 71.6 Å². The molecule has 1 unspecified atom stereocenters. The molecule has 0 saturated carbocycles. The van der Waals surface area contributed by atoms with Gasteiger partial charge in [0.25, 0.3) is 5.91 Å². The zero-order valence-electron chi connectivity index (χ0n) is 19.8. The third kappa shape index (κ3) is 4.46. The van der Waals surface area contributed by atoms with E-state index in [1.807, 2.05) is 33.5 Å². The molecular weight excluding hydrogens is 444 g/mol. The molecule has 1 aliphatic heterocycles. The summed E-state index contributed by atoms with van der Waals surface area (Å²) in [5.74, 6) is 2.98. The average molecular weight is 477 g/mol. The maximum absolute atomic E-state index is 13.4. The maximum Gasteiger partial charge on any atom is 0.274 e. The Morgan fingerprint density at radius 1 is 1.26 bits per heavy atom. The van der Waals surface area contributed by atoms with E-state index in [4.69, 9.17) is 9.84 Å². The lowest BCUT2D eigenvalue weighted by Gasteiger charge is -2.28. The van der Waals surface area contributed by atoms with Crippen molar-refractivity contribution in [1.29, 1.82) is 0 Å². The minimum Gasteiger partial charge on any atom is -0.496 e. The van der Waals surface area contributed by atoms with Gasteiger partial charge >= 0.3 is 0 Å². The number of nitrogens with zero attached hydrogens (tertiary/aromatic N) is 3. The number of fused-ring (bicyclic) bond motifs is 2. The molecule has 6 nitrogen and oxygen atoms in total. The van der Waals surface area contributed by atoms with Crippen LogP contribution in [0.15, 0.2) is 49.1 Å². The van der Waals surface area contributed by atoms with E-state index in [9.17, 15) is 4.79 Å². The van der Waals surface area contributed by atoms with Crippen LogP contribution < -0.4 is 10.1 Å². The molecule has 5 rings (SSSR count). The van der Waals surface area contributed by atoms with Gasteiger partial charge in [-0.3, -0.25) is 9.48 Å². The minimum atomic E-state index is 0.0794. The molecule has 1 saturated heterocycles. The fourth-order valence-corrected chi connectivity index (χ4v) is 6.06. The third-order valence-corrected chi connectivity index (χ3v) is 7.88. The van der Waals surface area contributed by atoms with Gasteiger partial charge in [0.2, 0.25) is 0 Å². The Labute approximate surface area is 205 Å². The number of rotatable bonds is 7. The predicted molar refractivity (Wildman–Crippen MR) is 139 cm³/mol. The zero-order valence-corrected chi connectivity index (χ0v) is 20.6. The fourth-order valence-electron chi connectivity index (χ4n) is 5.16. The van der Waals surface area contributed by atoms with Crippen LogP contribution in [0.25, 0.3) is 10.8 Å². The number of carbonyl (C=O) groups excluding carboxylic acids is 1. The predicted octanol–water partition coefficient (Wildman–Crippen LogP) is 4.07. The molecule has 2 heterocycles. The van der Waals surface area contributed by atoms with E-state index in [0.29, 0.717) is 12.2 Å². The molecule has 0 spiro atoms. The van der Waals surface area contributed by atoms with Gasteiger partial charge in [0.15, 0.2) is 5.69 Å². The highest BCUT2D eigenvalue weighted by Crippen LogP contribution is 2.30. The summed E-state index contributed by atoms with van der Waals surface area (Å²) in [5, 5.41) is 11.0. The molecule has 1 fully saturated rings. The Hall–Kier alpha value is -2.77. The molecule has 2 aromatic carbocycles. The summed E-state index contributed by atoms with van der Waals surface area (Å²) in [4.78, 5) is 15.4. The SMILES string of the molecule is C=CCn1nc(C(=O)N2CCSCC2)c2c1CCC(NCc1c(OC)ccc3ccccc13)C2. The lowest BCUT2D eigenvalue weighted by Crippen LogP contribution is -2.39. The summed E-state index contributed by atoms with van der Waals surface area (Å²) in [6.07, 6.45) is 4.58. The highest BCUT2D eigenvalue weighted by atomic mass is 32.2. The van der Waals surface area contributed by atoms with E-state index in [1.54, 1.807) is 7.11 Å². The van der Waals surface area contributed by atoms with Gasteiger partial charge in [0.05, 0.1) is 13.7 Å². The summed E-state index contributed by atoms with van der Waals surface area (Å²) >= 11 is 1.91. The van der Waals surface area contributed by atoms with Gasteiger partial charge < -0.3 is 15.0 Å². The van der Waals surface area contributed by atoms with Crippen molar-refractivity contribution < 1.29 is 9.53 Å². The number of ether oxygens (including phenoxy) is 1. The first-order valence-electron chi connectivity index (χ1n) is 12.0. The zero-order chi connectivity index (χ0) is 23.5. The molecule has 34 heavy (non-hydrogen) atoms. The van der Waals surface area contributed by atoms with Gasteiger partial charge in [-0.2, -0.15) is 16.9 Å². The first-order chi connectivity index (χ1) is 16.7. The second-order valence-electron chi connectivity index (χ2n) is 8.94. The van der Waals surface area contributed by atoms with Gasteiger partial charge in [0, 0.05) is 54.0 Å². The lowest BCUT2D eigenvalue weighted by atomic mass is 9.90. The van der Waals surface area contributed by atoms with E-state index >= 15 is 0 Å². The number of benzene rings is 2. The Bertz CT molecular complexity index is 1200. The Kier molecular flexibility index (Phi) is 6.92. The molecule has 2 aliphatic rings. The summed E-state index contributed by atoms with van der Waals surface area (Å²) in [6, 6.07) is 12.9. The van der Waals surface area contributed by atoms with Crippen molar-refractivity contribution in [1.82, 2.24) is 20.0 Å². The number of hydrogen-bond acceptors (Lipinski definition) is 5. The van der Waals surface area contributed by atoms with Crippen LogP contribution in [0.5, 0.6) is 5.75 Å². The van der Waals surface area contributed by atoms with Crippen molar-refractivity contribution >= 4 is 28.4 Å². The molecule has 7 heteroatoms. The molecular formula is C27H32N4O2S. The summed E-state index contributed by atoms with van der Waals surface area (Å²) < 4.78 is 7.67. The number of nitrogens with one attached hydrogen (secondary N) is 1. The number of thioether (sulfide) groups is 1. The minimum absolute atomic E-state index is 0.0794. The highest BCUT2D eigenvalue weighted by Gasteiger charge is 2.31. The van der Waals surface area contributed by atoms with E-state index in [2.05, 4.69) is 42.2 Å². The second-order valence-corrected chi connectivity index (χ2v) is 10.2. The molecule has 178 valence electrons. The summed E-state index contributed by atoms with van der Waals surface area (Å²) in [7, 11) is 1.73. The number of hydrogen-bond donors (Lipinski definition) is 1. The number of allylic oxidation sites excluding steroid dienone is 1. The summed E-state index contributed by atoms with van der Waals surface area (Å²) in [5.41, 5.74) is 4.11. The van der Waals surface area contributed by atoms with Crippen molar-refractivity contribution in [2.24, 2.45) is 0 Å². The van der Waals surface area contributed by atoms with E-state index in [-0.39, 0.29) is 11.9 Å². The second kappa shape index (κ2) is 10.2. The number of amides is 1. The van der Waals surface area contributed by atoms with Crippen LogP contribution in [0.4, 0.5) is 0 Å². The van der Waals surface area contributed by atoms with E-state index in [1.165, 1.54) is 22.0 Å². The molecule has 0 bridgehead atoms. The van der Waals surface area contributed by atoms with Gasteiger partial charge in [-0.1, -0.05) is 36.4 Å². The first-order valence-corrected chi connectivity index (χ1v) is 13.2. The van der Waals surface area contributed by atoms with Crippen molar-refractivity contribution in [2.75, 3.05) is 31.7 Å².